The molecule has 0 aromatic carbocycles. The number of aromatic nitrogens is 3. The molecule has 1 saturated heterocycles. The molecule has 3 heterocycles. The summed E-state index contributed by atoms with van der Waals surface area (Å²) in [6, 6.07) is 3.68. The molecule has 7 heteroatoms. The third kappa shape index (κ3) is 3.92. The molecule has 0 spiro atoms. The number of nitrogens with zero attached hydrogens (tertiary/aromatic N) is 4. The smallest absolute Gasteiger partial charge is 0.227 e. The summed E-state index contributed by atoms with van der Waals surface area (Å²) in [6.07, 6.45) is 4.30. The molecule has 3 rings (SSSR count). The van der Waals surface area contributed by atoms with Gasteiger partial charge >= 0.3 is 0 Å². The van der Waals surface area contributed by atoms with Crippen molar-refractivity contribution < 1.29 is 14.1 Å². The fraction of sp³-hybridized carbons (Fsp3) is 0.500. The van der Waals surface area contributed by atoms with Crippen LogP contribution in [0.1, 0.15) is 26.2 Å². The van der Waals surface area contributed by atoms with E-state index in [1.807, 2.05) is 30.9 Å². The molecule has 1 aliphatic rings. The topological polar surface area (TPSA) is 81.4 Å². The van der Waals surface area contributed by atoms with E-state index in [2.05, 4.69) is 15.1 Å². The van der Waals surface area contributed by atoms with Crippen LogP contribution >= 0.6 is 0 Å². The summed E-state index contributed by atoms with van der Waals surface area (Å²) in [5.74, 6) is 1.05. The fourth-order valence-corrected chi connectivity index (χ4v) is 2.72. The lowest BCUT2D eigenvalue weighted by molar-refractivity contribution is -0.143. The maximum Gasteiger partial charge on any atom is 0.227 e. The molecule has 7 nitrogen and oxygen atoms in total. The summed E-state index contributed by atoms with van der Waals surface area (Å²) in [7, 11) is 0. The van der Waals surface area contributed by atoms with Crippen molar-refractivity contribution >= 4 is 5.91 Å². The molecular formula is C16H20N4O3. The summed E-state index contributed by atoms with van der Waals surface area (Å²) in [5.41, 5.74) is 0.796. The van der Waals surface area contributed by atoms with Gasteiger partial charge < -0.3 is 14.2 Å². The van der Waals surface area contributed by atoms with E-state index in [4.69, 9.17) is 9.26 Å². The first kappa shape index (κ1) is 15.6. The molecule has 1 aliphatic heterocycles. The largest absolute Gasteiger partial charge is 0.372 e. The van der Waals surface area contributed by atoms with Crippen LogP contribution in [0.25, 0.3) is 11.4 Å². The van der Waals surface area contributed by atoms with Crippen molar-refractivity contribution in [1.29, 1.82) is 0 Å². The van der Waals surface area contributed by atoms with Gasteiger partial charge in [0.05, 0.1) is 12.2 Å². The Morgan fingerprint density at radius 1 is 1.35 bits per heavy atom. The molecule has 0 bridgehead atoms. The SMILES string of the molecule is C[C@H]1CN(C(=O)CCc2nc(-c3cccnc3)no2)C[C@H](C)O1. The third-order valence-corrected chi connectivity index (χ3v) is 3.71. The van der Waals surface area contributed by atoms with Crippen molar-refractivity contribution in [2.75, 3.05) is 13.1 Å². The summed E-state index contributed by atoms with van der Waals surface area (Å²) < 4.78 is 10.9. The van der Waals surface area contributed by atoms with E-state index >= 15 is 0 Å². The van der Waals surface area contributed by atoms with Crippen molar-refractivity contribution in [2.45, 2.75) is 38.9 Å². The van der Waals surface area contributed by atoms with Gasteiger partial charge in [0, 0.05) is 43.9 Å². The second kappa shape index (κ2) is 6.87. The number of hydrogen-bond acceptors (Lipinski definition) is 6. The van der Waals surface area contributed by atoms with E-state index in [9.17, 15) is 4.79 Å². The number of carbonyl (C=O) groups excluding carboxylic acids is 1. The zero-order valence-corrected chi connectivity index (χ0v) is 13.3. The van der Waals surface area contributed by atoms with Gasteiger partial charge in [-0.05, 0) is 26.0 Å². The Morgan fingerprint density at radius 3 is 2.83 bits per heavy atom. The molecule has 0 N–H and O–H groups in total. The van der Waals surface area contributed by atoms with Gasteiger partial charge in [-0.25, -0.2) is 0 Å². The van der Waals surface area contributed by atoms with Crippen LogP contribution in [-0.4, -0.2) is 51.2 Å². The zero-order chi connectivity index (χ0) is 16.2. The minimum atomic E-state index is 0.0725. The van der Waals surface area contributed by atoms with Crippen LogP contribution in [0.3, 0.4) is 0 Å². The number of rotatable bonds is 4. The van der Waals surface area contributed by atoms with Crippen molar-refractivity contribution in [3.05, 3.63) is 30.4 Å². The molecular weight excluding hydrogens is 296 g/mol. The number of morpholine rings is 1. The Bertz CT molecular complexity index is 648. The highest BCUT2D eigenvalue weighted by molar-refractivity contribution is 5.76. The summed E-state index contributed by atoms with van der Waals surface area (Å²) in [4.78, 5) is 22.5. The van der Waals surface area contributed by atoms with Gasteiger partial charge in [-0.2, -0.15) is 4.98 Å². The molecule has 0 saturated carbocycles. The predicted octanol–water partition coefficient (Wildman–Crippen LogP) is 1.70. The van der Waals surface area contributed by atoms with Gasteiger partial charge in [-0.15, -0.1) is 0 Å². The van der Waals surface area contributed by atoms with E-state index in [0.717, 1.165) is 5.56 Å². The Hall–Kier alpha value is -2.28. The quantitative estimate of drug-likeness (QED) is 0.854. The zero-order valence-electron chi connectivity index (χ0n) is 13.3. The minimum absolute atomic E-state index is 0.0725. The lowest BCUT2D eigenvalue weighted by Crippen LogP contribution is -2.48. The van der Waals surface area contributed by atoms with Crippen LogP contribution in [0.5, 0.6) is 0 Å². The van der Waals surface area contributed by atoms with Crippen molar-refractivity contribution in [3.63, 3.8) is 0 Å². The van der Waals surface area contributed by atoms with Gasteiger partial charge in [0.25, 0.3) is 0 Å². The van der Waals surface area contributed by atoms with Crippen molar-refractivity contribution in [2.24, 2.45) is 0 Å². The van der Waals surface area contributed by atoms with Crippen LogP contribution in [0, 0.1) is 0 Å². The molecule has 2 atom stereocenters. The number of carbonyl (C=O) groups is 1. The molecule has 0 unspecified atom stereocenters. The van der Waals surface area contributed by atoms with Crippen LogP contribution in [-0.2, 0) is 16.0 Å². The number of amides is 1. The van der Waals surface area contributed by atoms with E-state index in [1.165, 1.54) is 0 Å². The molecule has 23 heavy (non-hydrogen) atoms. The molecule has 1 fully saturated rings. The average Bonchev–Trinajstić information content (AvgIpc) is 3.01. The summed E-state index contributed by atoms with van der Waals surface area (Å²) >= 11 is 0. The Balaban J connectivity index is 1.56. The van der Waals surface area contributed by atoms with Crippen LogP contribution in [0.4, 0.5) is 0 Å². The van der Waals surface area contributed by atoms with Gasteiger partial charge in [-0.3, -0.25) is 9.78 Å². The molecule has 0 radical (unpaired) electrons. The second-order valence-electron chi connectivity index (χ2n) is 5.81. The van der Waals surface area contributed by atoms with E-state index in [-0.39, 0.29) is 18.1 Å². The monoisotopic (exact) mass is 316 g/mol. The van der Waals surface area contributed by atoms with Crippen LogP contribution < -0.4 is 0 Å². The molecule has 1 amide bonds. The maximum atomic E-state index is 12.3. The predicted molar refractivity (Wildman–Crippen MR) is 82.4 cm³/mol. The first-order valence-corrected chi connectivity index (χ1v) is 7.78. The number of hydrogen-bond donors (Lipinski definition) is 0. The highest BCUT2D eigenvalue weighted by Gasteiger charge is 2.25. The summed E-state index contributed by atoms with van der Waals surface area (Å²) in [5, 5.41) is 3.93. The van der Waals surface area contributed by atoms with Gasteiger partial charge in [0.1, 0.15) is 0 Å². The van der Waals surface area contributed by atoms with Crippen molar-refractivity contribution in [3.8, 4) is 11.4 Å². The fourth-order valence-electron chi connectivity index (χ4n) is 2.72. The lowest BCUT2D eigenvalue weighted by atomic mass is 10.2. The second-order valence-corrected chi connectivity index (χ2v) is 5.81. The molecule has 0 aliphatic carbocycles. The highest BCUT2D eigenvalue weighted by Crippen LogP contribution is 2.16. The van der Waals surface area contributed by atoms with Crippen LogP contribution in [0.2, 0.25) is 0 Å². The molecule has 122 valence electrons. The Kier molecular flexibility index (Phi) is 4.66. The lowest BCUT2D eigenvalue weighted by Gasteiger charge is -2.35. The first-order chi connectivity index (χ1) is 11.1. The van der Waals surface area contributed by atoms with Gasteiger partial charge in [-0.1, -0.05) is 5.16 Å². The Labute approximate surface area is 134 Å². The van der Waals surface area contributed by atoms with E-state index < -0.39 is 0 Å². The standard InChI is InChI=1S/C16H20N4O3/c1-11-9-20(10-12(2)22-11)15(21)6-5-14-18-16(19-23-14)13-4-3-7-17-8-13/h3-4,7-8,11-12H,5-6,9-10H2,1-2H3/t11-,12-/m0/s1. The number of pyridine rings is 1. The number of ether oxygens (including phenoxy) is 1. The first-order valence-electron chi connectivity index (χ1n) is 7.78. The molecule has 2 aromatic heterocycles. The van der Waals surface area contributed by atoms with Crippen molar-refractivity contribution in [1.82, 2.24) is 20.0 Å². The number of aryl methyl sites for hydroxylation is 1. The van der Waals surface area contributed by atoms with Gasteiger partial charge in [0.2, 0.25) is 17.6 Å². The van der Waals surface area contributed by atoms with Crippen LogP contribution in [0.15, 0.2) is 29.0 Å². The normalized spacial score (nSPS) is 21.4. The van der Waals surface area contributed by atoms with E-state index in [0.29, 0.717) is 37.6 Å². The minimum Gasteiger partial charge on any atom is -0.372 e. The average molecular weight is 316 g/mol. The highest BCUT2D eigenvalue weighted by atomic mass is 16.5. The summed E-state index contributed by atoms with van der Waals surface area (Å²) in [6.45, 7) is 5.23. The maximum absolute atomic E-state index is 12.3. The van der Waals surface area contributed by atoms with Gasteiger partial charge in [0.15, 0.2) is 0 Å². The Morgan fingerprint density at radius 2 is 2.13 bits per heavy atom. The third-order valence-electron chi connectivity index (χ3n) is 3.71. The van der Waals surface area contributed by atoms with E-state index in [1.54, 1.807) is 12.4 Å². The molecule has 2 aromatic rings.